The molecule has 1 N–H and O–H groups in total. The van der Waals surface area contributed by atoms with E-state index in [1.54, 1.807) is 24.3 Å². The minimum atomic E-state index is -0.700. The zero-order chi connectivity index (χ0) is 26.4. The molecule has 9 nitrogen and oxygen atoms in total. The lowest BCUT2D eigenvalue weighted by molar-refractivity contribution is -0.385. The van der Waals surface area contributed by atoms with Crippen molar-refractivity contribution in [2.24, 2.45) is 5.10 Å². The van der Waals surface area contributed by atoms with Crippen LogP contribution in [0.2, 0.25) is 10.0 Å². The van der Waals surface area contributed by atoms with Crippen LogP contribution in [0.25, 0.3) is 10.8 Å². The third-order valence-corrected chi connectivity index (χ3v) is 5.64. The van der Waals surface area contributed by atoms with Crippen LogP contribution in [0.1, 0.15) is 15.9 Å². The monoisotopic (exact) mass is 537 g/mol. The van der Waals surface area contributed by atoms with E-state index in [2.05, 4.69) is 10.5 Å². The highest BCUT2D eigenvalue weighted by Crippen LogP contribution is 2.29. The molecule has 0 aliphatic carbocycles. The van der Waals surface area contributed by atoms with Crippen molar-refractivity contribution in [3.05, 3.63) is 110 Å². The Morgan fingerprint density at radius 1 is 0.973 bits per heavy atom. The number of carbonyl (C=O) groups is 2. The molecule has 0 atom stereocenters. The largest absolute Gasteiger partial charge is 0.477 e. The SMILES string of the molecule is O=C(COc1ccccc1[N+](=O)[O-])N/N=C\c1c(OC(=O)c2ccc(Cl)cc2Cl)ccc2ccccc12. The summed E-state index contributed by atoms with van der Waals surface area (Å²) in [4.78, 5) is 35.5. The van der Waals surface area contributed by atoms with E-state index >= 15 is 0 Å². The Hall–Kier alpha value is -4.47. The van der Waals surface area contributed by atoms with Gasteiger partial charge in [0.2, 0.25) is 0 Å². The van der Waals surface area contributed by atoms with Gasteiger partial charge >= 0.3 is 11.7 Å². The lowest BCUT2D eigenvalue weighted by atomic mass is 10.0. The maximum atomic E-state index is 12.8. The lowest BCUT2D eigenvalue weighted by Crippen LogP contribution is -2.24. The Labute approximate surface area is 220 Å². The second kappa shape index (κ2) is 11.5. The van der Waals surface area contributed by atoms with Crippen LogP contribution < -0.4 is 14.9 Å². The number of benzene rings is 4. The van der Waals surface area contributed by atoms with Crippen molar-refractivity contribution in [3.8, 4) is 11.5 Å². The average molecular weight is 538 g/mol. The van der Waals surface area contributed by atoms with Gasteiger partial charge in [-0.1, -0.05) is 65.7 Å². The summed E-state index contributed by atoms with van der Waals surface area (Å²) in [5, 5.41) is 17.1. The predicted molar refractivity (Wildman–Crippen MR) is 140 cm³/mol. The van der Waals surface area contributed by atoms with E-state index < -0.39 is 23.4 Å². The molecular weight excluding hydrogens is 521 g/mol. The van der Waals surface area contributed by atoms with E-state index in [0.29, 0.717) is 16.0 Å². The lowest BCUT2D eigenvalue weighted by Gasteiger charge is -2.11. The fourth-order valence-corrected chi connectivity index (χ4v) is 3.87. The van der Waals surface area contributed by atoms with Crippen molar-refractivity contribution < 1.29 is 24.0 Å². The quantitative estimate of drug-likeness (QED) is 0.0995. The van der Waals surface area contributed by atoms with Gasteiger partial charge in [0.25, 0.3) is 5.91 Å². The number of nitro groups is 1. The van der Waals surface area contributed by atoms with Gasteiger partial charge in [-0.15, -0.1) is 0 Å². The summed E-state index contributed by atoms with van der Waals surface area (Å²) in [6, 6.07) is 20.8. The molecule has 0 unspecified atom stereocenters. The summed E-state index contributed by atoms with van der Waals surface area (Å²) >= 11 is 12.0. The zero-order valence-electron chi connectivity index (χ0n) is 18.9. The molecule has 0 heterocycles. The van der Waals surface area contributed by atoms with E-state index in [0.717, 1.165) is 5.39 Å². The molecule has 0 aromatic heterocycles. The molecule has 0 saturated heterocycles. The van der Waals surface area contributed by atoms with Gasteiger partial charge in [-0.25, -0.2) is 10.2 Å². The summed E-state index contributed by atoms with van der Waals surface area (Å²) in [5.41, 5.74) is 2.59. The van der Waals surface area contributed by atoms with E-state index in [-0.39, 0.29) is 27.8 Å². The van der Waals surface area contributed by atoms with Crippen molar-refractivity contribution in [1.82, 2.24) is 5.43 Å². The molecule has 0 radical (unpaired) electrons. The number of nitro benzene ring substituents is 1. The number of ether oxygens (including phenoxy) is 2. The van der Waals surface area contributed by atoms with Crippen LogP contribution in [0.5, 0.6) is 11.5 Å². The number of esters is 1. The standard InChI is InChI=1S/C26H17Cl2N3O6/c27-17-10-11-19(21(28)13-17)26(33)37-23-12-9-16-5-1-2-6-18(16)20(23)14-29-30-25(32)15-36-24-8-4-3-7-22(24)31(34)35/h1-14H,15H2,(H,30,32)/b29-14-. The molecule has 186 valence electrons. The number of fused-ring (bicyclic) bond motifs is 1. The first-order valence-corrected chi connectivity index (χ1v) is 11.5. The van der Waals surface area contributed by atoms with Crippen molar-refractivity contribution in [2.75, 3.05) is 6.61 Å². The van der Waals surface area contributed by atoms with Crippen molar-refractivity contribution in [2.45, 2.75) is 0 Å². The Balaban J connectivity index is 1.52. The van der Waals surface area contributed by atoms with E-state index in [1.807, 2.05) is 18.2 Å². The number of nitrogens with one attached hydrogen (secondary N) is 1. The maximum Gasteiger partial charge on any atom is 0.345 e. The predicted octanol–water partition coefficient (Wildman–Crippen LogP) is 5.80. The molecule has 4 aromatic rings. The number of rotatable bonds is 8. The second-order valence-corrected chi connectivity index (χ2v) is 8.36. The molecule has 0 saturated carbocycles. The molecule has 0 fully saturated rings. The fourth-order valence-electron chi connectivity index (χ4n) is 3.38. The molecule has 4 rings (SSSR count). The Morgan fingerprint density at radius 2 is 1.73 bits per heavy atom. The smallest absolute Gasteiger partial charge is 0.345 e. The number of hydrogen-bond acceptors (Lipinski definition) is 7. The van der Waals surface area contributed by atoms with E-state index in [4.69, 9.17) is 32.7 Å². The third-order valence-electron chi connectivity index (χ3n) is 5.09. The number of halogens is 2. The summed E-state index contributed by atoms with van der Waals surface area (Å²) in [5.74, 6) is -1.21. The molecule has 0 aliphatic rings. The third kappa shape index (κ3) is 6.21. The molecule has 0 bridgehead atoms. The summed E-state index contributed by atoms with van der Waals surface area (Å²) < 4.78 is 10.9. The van der Waals surface area contributed by atoms with Crippen molar-refractivity contribution >= 4 is 57.8 Å². The molecule has 0 spiro atoms. The maximum absolute atomic E-state index is 12.8. The van der Waals surface area contributed by atoms with Crippen LogP contribution in [0, 0.1) is 10.1 Å². The zero-order valence-corrected chi connectivity index (χ0v) is 20.4. The summed E-state index contributed by atoms with van der Waals surface area (Å²) in [7, 11) is 0. The molecule has 37 heavy (non-hydrogen) atoms. The summed E-state index contributed by atoms with van der Waals surface area (Å²) in [6.07, 6.45) is 1.33. The molecule has 0 aliphatic heterocycles. The van der Waals surface area contributed by atoms with Gasteiger partial charge < -0.3 is 9.47 Å². The number of hydrogen-bond donors (Lipinski definition) is 1. The topological polar surface area (TPSA) is 120 Å². The number of para-hydroxylation sites is 2. The minimum Gasteiger partial charge on any atom is -0.477 e. The second-order valence-electron chi connectivity index (χ2n) is 7.52. The van der Waals surface area contributed by atoms with Crippen molar-refractivity contribution in [3.63, 3.8) is 0 Å². The van der Waals surface area contributed by atoms with Gasteiger partial charge in [-0.05, 0) is 41.1 Å². The van der Waals surface area contributed by atoms with Crippen molar-refractivity contribution in [1.29, 1.82) is 0 Å². The van der Waals surface area contributed by atoms with E-state index in [9.17, 15) is 19.7 Å². The highest BCUT2D eigenvalue weighted by atomic mass is 35.5. The first-order chi connectivity index (χ1) is 17.8. The minimum absolute atomic E-state index is 0.0456. The Morgan fingerprint density at radius 3 is 2.51 bits per heavy atom. The normalized spacial score (nSPS) is 10.9. The van der Waals surface area contributed by atoms with Crippen LogP contribution in [0.15, 0.2) is 84.0 Å². The van der Waals surface area contributed by atoms with Gasteiger partial charge in [-0.2, -0.15) is 5.10 Å². The Bertz CT molecular complexity index is 1540. The number of amides is 1. The van der Waals surface area contributed by atoms with Gasteiger partial charge in [0.15, 0.2) is 12.4 Å². The van der Waals surface area contributed by atoms with Gasteiger partial charge in [0.05, 0.1) is 21.7 Å². The number of nitrogens with zero attached hydrogens (tertiary/aromatic N) is 2. The summed E-state index contributed by atoms with van der Waals surface area (Å²) in [6.45, 7) is -0.505. The highest BCUT2D eigenvalue weighted by molar-refractivity contribution is 6.36. The first-order valence-electron chi connectivity index (χ1n) is 10.7. The van der Waals surface area contributed by atoms with Gasteiger partial charge in [-0.3, -0.25) is 14.9 Å². The van der Waals surface area contributed by atoms with Crippen LogP contribution in [-0.2, 0) is 4.79 Å². The average Bonchev–Trinajstić information content (AvgIpc) is 2.88. The van der Waals surface area contributed by atoms with Gasteiger partial charge in [0, 0.05) is 16.7 Å². The molecule has 1 amide bonds. The van der Waals surface area contributed by atoms with E-state index in [1.165, 1.54) is 42.6 Å². The van der Waals surface area contributed by atoms with Crippen LogP contribution in [0.4, 0.5) is 5.69 Å². The number of hydrazone groups is 1. The van der Waals surface area contributed by atoms with Crippen LogP contribution in [-0.4, -0.2) is 29.6 Å². The fraction of sp³-hybridized carbons (Fsp3) is 0.0385. The van der Waals surface area contributed by atoms with Gasteiger partial charge in [0.1, 0.15) is 5.75 Å². The van der Waals surface area contributed by atoms with Crippen LogP contribution in [0.3, 0.4) is 0 Å². The van der Waals surface area contributed by atoms with Crippen LogP contribution >= 0.6 is 23.2 Å². The molecule has 11 heteroatoms. The molecular formula is C26H17Cl2N3O6. The first kappa shape index (κ1) is 25.6. The number of carbonyl (C=O) groups excluding carboxylic acids is 2. The highest BCUT2D eigenvalue weighted by Gasteiger charge is 2.17. The Kier molecular flexibility index (Phi) is 7.97. The molecule has 4 aromatic carbocycles.